The van der Waals surface area contributed by atoms with Gasteiger partial charge in [-0.2, -0.15) is 32.3 Å². The summed E-state index contributed by atoms with van der Waals surface area (Å²) in [6, 6.07) is 11.0. The standard InChI is InChI=1S/C25H26N8O10S4/c1-3-44(34)13-11-28-24-20(15-26)16(2)23(25(29-24)27-10-12-43-47(40,41)42)33-32-21-9-6-18(14-22(21)46(37,38)39)31-30-17-4-7-19(8-5-17)45(35)36/h3-9,14H,1,10-13H2,2H3,(H,35,36)(H2,27,28,29)(H,37,38,39)(H,40,41,42). The van der Waals surface area contributed by atoms with E-state index in [0.717, 1.165) is 6.07 Å². The van der Waals surface area contributed by atoms with E-state index in [-0.39, 0.29) is 69.3 Å². The lowest BCUT2D eigenvalue weighted by molar-refractivity contribution is 0.278. The third kappa shape index (κ3) is 11.2. The summed E-state index contributed by atoms with van der Waals surface area (Å²) < 4.78 is 101. The maximum absolute atomic E-state index is 12.2. The Morgan fingerprint density at radius 3 is 2.21 bits per heavy atom. The summed E-state index contributed by atoms with van der Waals surface area (Å²) in [5.41, 5.74) is 0.0603. The van der Waals surface area contributed by atoms with Gasteiger partial charge in [0.1, 0.15) is 28.2 Å². The van der Waals surface area contributed by atoms with E-state index in [4.69, 9.17) is 9.11 Å². The van der Waals surface area contributed by atoms with Crippen molar-refractivity contribution < 1.29 is 43.1 Å². The molecule has 18 nitrogen and oxygen atoms in total. The van der Waals surface area contributed by atoms with Gasteiger partial charge in [-0.25, -0.2) is 13.4 Å². The molecule has 250 valence electrons. The van der Waals surface area contributed by atoms with Crippen LogP contribution in [0.5, 0.6) is 0 Å². The Balaban J connectivity index is 2.01. The number of aromatic nitrogens is 1. The Bertz CT molecular complexity index is 2010. The third-order valence-corrected chi connectivity index (χ3v) is 8.73. The number of nitriles is 1. The second-order valence-corrected chi connectivity index (χ2v) is 13.8. The maximum Gasteiger partial charge on any atom is 0.397 e. The van der Waals surface area contributed by atoms with Crippen molar-refractivity contribution in [3.05, 3.63) is 65.6 Å². The first-order valence-corrected chi connectivity index (χ1v) is 18.1. The molecule has 0 bridgehead atoms. The van der Waals surface area contributed by atoms with Crippen LogP contribution < -0.4 is 10.6 Å². The van der Waals surface area contributed by atoms with Gasteiger partial charge in [0.25, 0.3) is 10.1 Å². The molecule has 0 fully saturated rings. The summed E-state index contributed by atoms with van der Waals surface area (Å²) in [7, 11) is -11.0. The van der Waals surface area contributed by atoms with Crippen molar-refractivity contribution in [2.45, 2.75) is 16.7 Å². The van der Waals surface area contributed by atoms with Crippen LogP contribution in [0.1, 0.15) is 11.1 Å². The van der Waals surface area contributed by atoms with Crippen molar-refractivity contribution in [3.63, 3.8) is 0 Å². The van der Waals surface area contributed by atoms with Crippen LogP contribution >= 0.6 is 0 Å². The molecule has 0 saturated heterocycles. The molecule has 0 spiro atoms. The van der Waals surface area contributed by atoms with Crippen LogP contribution in [0.25, 0.3) is 0 Å². The molecule has 2 aromatic carbocycles. The minimum Gasteiger partial charge on any atom is -0.368 e. The van der Waals surface area contributed by atoms with Crippen LogP contribution in [0, 0.1) is 18.3 Å². The molecule has 1 heterocycles. The largest absolute Gasteiger partial charge is 0.397 e. The van der Waals surface area contributed by atoms with Gasteiger partial charge < -0.3 is 15.2 Å². The molecule has 2 unspecified atom stereocenters. The van der Waals surface area contributed by atoms with Gasteiger partial charge in [0.05, 0.1) is 28.4 Å². The van der Waals surface area contributed by atoms with Crippen LogP contribution in [0.15, 0.2) is 84.7 Å². The highest BCUT2D eigenvalue weighted by Gasteiger charge is 2.20. The van der Waals surface area contributed by atoms with Crippen molar-refractivity contribution in [2.75, 3.05) is 36.1 Å². The summed E-state index contributed by atoms with van der Waals surface area (Å²) in [6.45, 7) is 4.28. The second-order valence-electron chi connectivity index (χ2n) is 8.89. The number of benzene rings is 2. The monoisotopic (exact) mass is 726 g/mol. The van der Waals surface area contributed by atoms with E-state index in [1.54, 1.807) is 0 Å². The molecule has 47 heavy (non-hydrogen) atoms. The molecule has 0 aliphatic rings. The molecule has 0 amide bonds. The molecule has 2 atom stereocenters. The predicted octanol–water partition coefficient (Wildman–Crippen LogP) is 4.46. The zero-order valence-corrected chi connectivity index (χ0v) is 27.4. The Kier molecular flexibility index (Phi) is 13.0. The van der Waals surface area contributed by atoms with Crippen molar-refractivity contribution in [1.29, 1.82) is 5.26 Å². The fourth-order valence-corrected chi connectivity index (χ4v) is 5.35. The van der Waals surface area contributed by atoms with Crippen LogP contribution in [-0.4, -0.2) is 69.3 Å². The molecule has 22 heteroatoms. The molecule has 0 aliphatic carbocycles. The molecule has 0 aliphatic heterocycles. The van der Waals surface area contributed by atoms with E-state index in [2.05, 4.69) is 46.8 Å². The highest BCUT2D eigenvalue weighted by Crippen LogP contribution is 2.36. The third-order valence-electron chi connectivity index (χ3n) is 5.73. The van der Waals surface area contributed by atoms with Crippen LogP contribution in [0.2, 0.25) is 0 Å². The first-order valence-electron chi connectivity index (χ1n) is 12.8. The van der Waals surface area contributed by atoms with Gasteiger partial charge in [-0.1, -0.05) is 6.58 Å². The van der Waals surface area contributed by atoms with Crippen LogP contribution in [0.3, 0.4) is 0 Å². The molecular weight excluding hydrogens is 701 g/mol. The zero-order chi connectivity index (χ0) is 34.8. The van der Waals surface area contributed by atoms with E-state index in [1.807, 2.05) is 6.07 Å². The molecule has 0 radical (unpaired) electrons. The number of anilines is 2. The number of nitrogens with zero attached hydrogens (tertiary/aromatic N) is 6. The summed E-state index contributed by atoms with van der Waals surface area (Å²) in [5, 5.41) is 32.6. The van der Waals surface area contributed by atoms with E-state index in [1.165, 1.54) is 48.7 Å². The van der Waals surface area contributed by atoms with E-state index < -0.39 is 53.9 Å². The summed E-state index contributed by atoms with van der Waals surface area (Å²) in [5.74, 6) is 0.135. The Morgan fingerprint density at radius 1 is 0.979 bits per heavy atom. The predicted molar refractivity (Wildman–Crippen MR) is 171 cm³/mol. The fraction of sp³-hybridized carbons (Fsp3) is 0.200. The van der Waals surface area contributed by atoms with Crippen molar-refractivity contribution in [1.82, 2.24) is 4.98 Å². The molecule has 0 saturated carbocycles. The van der Waals surface area contributed by atoms with Gasteiger partial charge >= 0.3 is 10.4 Å². The van der Waals surface area contributed by atoms with Gasteiger partial charge in [-0.05, 0) is 54.8 Å². The topological polar surface area (TPSA) is 283 Å². The summed E-state index contributed by atoms with van der Waals surface area (Å²) in [6.07, 6.45) is 0. The number of azo groups is 2. The normalized spacial score (nSPS) is 13.3. The van der Waals surface area contributed by atoms with Gasteiger partial charge in [-0.15, -0.1) is 10.2 Å². The van der Waals surface area contributed by atoms with E-state index >= 15 is 0 Å². The molecule has 5 N–H and O–H groups in total. The Labute approximate surface area is 274 Å². The minimum atomic E-state index is -4.89. The van der Waals surface area contributed by atoms with Gasteiger partial charge in [0.2, 0.25) is 0 Å². The molecule has 1 aromatic heterocycles. The Hall–Kier alpha value is -4.34. The number of rotatable bonds is 16. The first kappa shape index (κ1) is 37.1. The van der Waals surface area contributed by atoms with Gasteiger partial charge in [0.15, 0.2) is 16.9 Å². The van der Waals surface area contributed by atoms with E-state index in [0.29, 0.717) is 0 Å². The van der Waals surface area contributed by atoms with Crippen LogP contribution in [-0.2, 0) is 46.6 Å². The fourth-order valence-electron chi connectivity index (χ4n) is 3.58. The lowest BCUT2D eigenvalue weighted by atomic mass is 10.1. The maximum atomic E-state index is 12.2. The first-order chi connectivity index (χ1) is 22.1. The Morgan fingerprint density at radius 2 is 1.62 bits per heavy atom. The molecule has 3 aromatic rings. The number of hydrogen-bond acceptors (Lipinski definition) is 15. The summed E-state index contributed by atoms with van der Waals surface area (Å²) in [4.78, 5) is 3.75. The average molecular weight is 727 g/mol. The highest BCUT2D eigenvalue weighted by molar-refractivity contribution is 7.88. The van der Waals surface area contributed by atoms with Crippen molar-refractivity contribution in [2.24, 2.45) is 20.5 Å². The summed E-state index contributed by atoms with van der Waals surface area (Å²) >= 11 is -2.19. The number of hydrogen-bond donors (Lipinski definition) is 5. The lowest BCUT2D eigenvalue weighted by Gasteiger charge is -2.15. The highest BCUT2D eigenvalue weighted by atomic mass is 32.3. The molecular formula is C25H26N8O10S4. The van der Waals surface area contributed by atoms with Crippen LogP contribution in [0.4, 0.5) is 34.4 Å². The van der Waals surface area contributed by atoms with Crippen molar-refractivity contribution in [3.8, 4) is 6.07 Å². The number of pyridine rings is 1. The molecule has 3 rings (SSSR count). The second kappa shape index (κ2) is 16.5. The number of nitrogens with one attached hydrogen (secondary N) is 2. The average Bonchev–Trinajstić information content (AvgIpc) is 3.01. The minimum absolute atomic E-state index is 0.00657. The smallest absolute Gasteiger partial charge is 0.368 e. The van der Waals surface area contributed by atoms with Crippen molar-refractivity contribution >= 4 is 76.8 Å². The lowest BCUT2D eigenvalue weighted by Crippen LogP contribution is -2.16. The zero-order valence-electron chi connectivity index (χ0n) is 24.2. The van der Waals surface area contributed by atoms with E-state index in [9.17, 15) is 35.1 Å². The van der Waals surface area contributed by atoms with Gasteiger partial charge in [0, 0.05) is 35.2 Å². The quantitative estimate of drug-likeness (QED) is 0.0590. The van der Waals surface area contributed by atoms with Gasteiger partial charge in [-0.3, -0.25) is 13.3 Å². The SMILES string of the molecule is C=CS(=O)CCNc1nc(NCCOS(=O)(=O)O)c(N=Nc2ccc(N=Nc3ccc(S(=O)O)cc3)cc2S(=O)(=O)O)c(C)c1C#N.